The Kier molecular flexibility index (Phi) is 5.34. The van der Waals surface area contributed by atoms with Gasteiger partial charge in [0, 0.05) is 5.69 Å². The van der Waals surface area contributed by atoms with Gasteiger partial charge in [-0.15, -0.1) is 0 Å². The lowest BCUT2D eigenvalue weighted by atomic mass is 10.1. The Morgan fingerprint density at radius 2 is 2.11 bits per heavy atom. The summed E-state index contributed by atoms with van der Waals surface area (Å²) in [7, 11) is 0. The summed E-state index contributed by atoms with van der Waals surface area (Å²) < 4.78 is 1.80. The standard InChI is InChI=1S/C13H23N3O2/c1-5-7-14-12(13(17)18)8-16-10(4)11(6-2)9(3)15-16/h12,14H,5-8H2,1-4H3,(H,17,18). The van der Waals surface area contributed by atoms with Crippen LogP contribution in [0.4, 0.5) is 0 Å². The molecule has 1 unspecified atom stereocenters. The molecule has 0 saturated heterocycles. The van der Waals surface area contributed by atoms with Crippen molar-refractivity contribution in [2.75, 3.05) is 6.54 Å². The molecule has 18 heavy (non-hydrogen) atoms. The maximum absolute atomic E-state index is 11.2. The third-order valence-corrected chi connectivity index (χ3v) is 3.18. The van der Waals surface area contributed by atoms with Crippen LogP contribution in [0.25, 0.3) is 0 Å². The van der Waals surface area contributed by atoms with Crippen molar-refractivity contribution in [3.8, 4) is 0 Å². The highest BCUT2D eigenvalue weighted by molar-refractivity contribution is 5.73. The Hall–Kier alpha value is -1.36. The van der Waals surface area contributed by atoms with E-state index in [1.54, 1.807) is 4.68 Å². The Bertz CT molecular complexity index is 413. The highest BCUT2D eigenvalue weighted by atomic mass is 16.4. The van der Waals surface area contributed by atoms with Crippen LogP contribution in [0.15, 0.2) is 0 Å². The smallest absolute Gasteiger partial charge is 0.322 e. The fourth-order valence-electron chi connectivity index (χ4n) is 2.14. The maximum Gasteiger partial charge on any atom is 0.322 e. The van der Waals surface area contributed by atoms with Gasteiger partial charge in [-0.1, -0.05) is 13.8 Å². The minimum absolute atomic E-state index is 0.377. The zero-order valence-corrected chi connectivity index (χ0v) is 11.7. The van der Waals surface area contributed by atoms with Crippen molar-refractivity contribution in [1.29, 1.82) is 0 Å². The van der Waals surface area contributed by atoms with Crippen LogP contribution in [0.5, 0.6) is 0 Å². The number of hydrogen-bond donors (Lipinski definition) is 2. The first kappa shape index (κ1) is 14.7. The Balaban J connectivity index is 2.84. The molecule has 5 heteroatoms. The van der Waals surface area contributed by atoms with Gasteiger partial charge in [-0.05, 0) is 38.8 Å². The zero-order chi connectivity index (χ0) is 13.7. The average molecular weight is 253 g/mol. The third-order valence-electron chi connectivity index (χ3n) is 3.18. The molecule has 102 valence electrons. The van der Waals surface area contributed by atoms with Gasteiger partial charge in [0.25, 0.3) is 0 Å². The molecule has 0 bridgehead atoms. The van der Waals surface area contributed by atoms with E-state index in [4.69, 9.17) is 0 Å². The first-order valence-electron chi connectivity index (χ1n) is 6.50. The van der Waals surface area contributed by atoms with Crippen molar-refractivity contribution < 1.29 is 9.90 Å². The third kappa shape index (κ3) is 3.32. The number of aryl methyl sites for hydroxylation is 1. The molecule has 0 fully saturated rings. The first-order chi connectivity index (χ1) is 8.51. The van der Waals surface area contributed by atoms with Crippen molar-refractivity contribution in [3.63, 3.8) is 0 Å². The number of nitrogens with zero attached hydrogens (tertiary/aromatic N) is 2. The second-order valence-corrected chi connectivity index (χ2v) is 4.53. The van der Waals surface area contributed by atoms with Gasteiger partial charge >= 0.3 is 5.97 Å². The SMILES string of the molecule is CCCNC(Cn1nc(C)c(CC)c1C)C(=O)O. The van der Waals surface area contributed by atoms with Crippen molar-refractivity contribution in [3.05, 3.63) is 17.0 Å². The molecule has 0 spiro atoms. The summed E-state index contributed by atoms with van der Waals surface area (Å²) in [6.07, 6.45) is 1.85. The second-order valence-electron chi connectivity index (χ2n) is 4.53. The number of carboxylic acids is 1. The number of carboxylic acid groups (broad SMARTS) is 1. The summed E-state index contributed by atoms with van der Waals surface area (Å²) in [5.41, 5.74) is 3.28. The molecule has 1 rings (SSSR count). The summed E-state index contributed by atoms with van der Waals surface area (Å²) in [5.74, 6) is -0.825. The van der Waals surface area contributed by atoms with Crippen molar-refractivity contribution >= 4 is 5.97 Å². The van der Waals surface area contributed by atoms with E-state index in [2.05, 4.69) is 17.3 Å². The van der Waals surface area contributed by atoms with Gasteiger partial charge in [0.15, 0.2) is 0 Å². The Morgan fingerprint density at radius 3 is 2.56 bits per heavy atom. The maximum atomic E-state index is 11.2. The molecule has 1 heterocycles. The molecule has 0 aliphatic heterocycles. The molecule has 1 aromatic heterocycles. The summed E-state index contributed by atoms with van der Waals surface area (Å²) >= 11 is 0. The van der Waals surface area contributed by atoms with Gasteiger partial charge in [-0.2, -0.15) is 5.10 Å². The number of aromatic nitrogens is 2. The minimum atomic E-state index is -0.825. The number of carbonyl (C=O) groups is 1. The minimum Gasteiger partial charge on any atom is -0.480 e. The van der Waals surface area contributed by atoms with Crippen LogP contribution in [-0.4, -0.2) is 33.4 Å². The average Bonchev–Trinajstić information content (AvgIpc) is 2.59. The van der Waals surface area contributed by atoms with Crippen LogP contribution in [0.3, 0.4) is 0 Å². The van der Waals surface area contributed by atoms with E-state index in [0.717, 1.165) is 24.2 Å². The molecule has 0 saturated carbocycles. The fraction of sp³-hybridized carbons (Fsp3) is 0.692. The van der Waals surface area contributed by atoms with Crippen LogP contribution in [0.2, 0.25) is 0 Å². The molecule has 0 amide bonds. The lowest BCUT2D eigenvalue weighted by Crippen LogP contribution is -2.41. The summed E-state index contributed by atoms with van der Waals surface area (Å²) in [6.45, 7) is 9.16. The molecular weight excluding hydrogens is 230 g/mol. The molecule has 5 nitrogen and oxygen atoms in total. The van der Waals surface area contributed by atoms with Gasteiger partial charge in [0.1, 0.15) is 6.04 Å². The molecule has 1 aromatic rings. The molecule has 1 atom stereocenters. The Labute approximate surface area is 108 Å². The van der Waals surface area contributed by atoms with E-state index in [-0.39, 0.29) is 0 Å². The quantitative estimate of drug-likeness (QED) is 0.773. The van der Waals surface area contributed by atoms with E-state index in [0.29, 0.717) is 13.1 Å². The highest BCUT2D eigenvalue weighted by Gasteiger charge is 2.19. The van der Waals surface area contributed by atoms with Gasteiger partial charge in [0.2, 0.25) is 0 Å². The summed E-state index contributed by atoms with van der Waals surface area (Å²) in [4.78, 5) is 11.2. The summed E-state index contributed by atoms with van der Waals surface area (Å²) in [6, 6.07) is -0.576. The molecule has 0 aliphatic rings. The number of aliphatic carboxylic acids is 1. The molecular formula is C13H23N3O2. The fourth-order valence-corrected chi connectivity index (χ4v) is 2.14. The van der Waals surface area contributed by atoms with Gasteiger partial charge in [-0.3, -0.25) is 9.48 Å². The Morgan fingerprint density at radius 1 is 1.44 bits per heavy atom. The number of hydrogen-bond acceptors (Lipinski definition) is 3. The van der Waals surface area contributed by atoms with E-state index in [9.17, 15) is 9.90 Å². The van der Waals surface area contributed by atoms with E-state index < -0.39 is 12.0 Å². The number of nitrogens with one attached hydrogen (secondary N) is 1. The predicted molar refractivity (Wildman–Crippen MR) is 70.8 cm³/mol. The number of rotatable bonds is 7. The van der Waals surface area contributed by atoms with E-state index >= 15 is 0 Å². The lowest BCUT2D eigenvalue weighted by molar-refractivity contribution is -0.139. The van der Waals surface area contributed by atoms with E-state index in [1.165, 1.54) is 5.56 Å². The van der Waals surface area contributed by atoms with Gasteiger partial charge in [-0.25, -0.2) is 0 Å². The van der Waals surface area contributed by atoms with Crippen molar-refractivity contribution in [2.45, 2.75) is 53.1 Å². The van der Waals surface area contributed by atoms with E-state index in [1.807, 2.05) is 20.8 Å². The second kappa shape index (κ2) is 6.54. The topological polar surface area (TPSA) is 67.2 Å². The van der Waals surface area contributed by atoms with Crippen LogP contribution < -0.4 is 5.32 Å². The summed E-state index contributed by atoms with van der Waals surface area (Å²) in [5, 5.41) is 16.6. The van der Waals surface area contributed by atoms with Crippen LogP contribution in [0.1, 0.15) is 37.2 Å². The predicted octanol–water partition coefficient (Wildman–Crippen LogP) is 1.52. The van der Waals surface area contributed by atoms with Crippen LogP contribution in [-0.2, 0) is 17.8 Å². The molecule has 2 N–H and O–H groups in total. The largest absolute Gasteiger partial charge is 0.480 e. The van der Waals surface area contributed by atoms with Crippen molar-refractivity contribution in [2.24, 2.45) is 0 Å². The molecule has 0 radical (unpaired) electrons. The molecule has 0 aliphatic carbocycles. The van der Waals surface area contributed by atoms with Gasteiger partial charge < -0.3 is 10.4 Å². The normalized spacial score (nSPS) is 12.7. The highest BCUT2D eigenvalue weighted by Crippen LogP contribution is 2.13. The monoisotopic (exact) mass is 253 g/mol. The van der Waals surface area contributed by atoms with Crippen molar-refractivity contribution in [1.82, 2.24) is 15.1 Å². The van der Waals surface area contributed by atoms with Crippen LogP contribution >= 0.6 is 0 Å². The first-order valence-corrected chi connectivity index (χ1v) is 6.50. The van der Waals surface area contributed by atoms with Gasteiger partial charge in [0.05, 0.1) is 12.2 Å². The molecule has 0 aromatic carbocycles. The van der Waals surface area contributed by atoms with Crippen LogP contribution in [0, 0.1) is 13.8 Å². The lowest BCUT2D eigenvalue weighted by Gasteiger charge is -2.15. The zero-order valence-electron chi connectivity index (χ0n) is 11.7.